The van der Waals surface area contributed by atoms with E-state index in [-0.39, 0.29) is 11.9 Å². The van der Waals surface area contributed by atoms with Crippen molar-refractivity contribution >= 4 is 0 Å². The lowest BCUT2D eigenvalue weighted by molar-refractivity contribution is 0.541. The van der Waals surface area contributed by atoms with E-state index in [2.05, 4.69) is 5.43 Å². The summed E-state index contributed by atoms with van der Waals surface area (Å²) in [5.41, 5.74) is 4.15. The van der Waals surface area contributed by atoms with E-state index in [0.717, 1.165) is 5.56 Å². The Morgan fingerprint density at radius 1 is 1.50 bits per heavy atom. The van der Waals surface area contributed by atoms with Gasteiger partial charge in [0.1, 0.15) is 5.82 Å². The van der Waals surface area contributed by atoms with Crippen molar-refractivity contribution in [3.63, 3.8) is 0 Å². The van der Waals surface area contributed by atoms with Gasteiger partial charge < -0.3 is 0 Å². The van der Waals surface area contributed by atoms with E-state index >= 15 is 0 Å². The number of rotatable bonds is 2. The Kier molecular flexibility index (Phi) is 2.78. The maximum absolute atomic E-state index is 13.1. The highest BCUT2D eigenvalue weighted by Crippen LogP contribution is 2.16. The number of benzene rings is 1. The summed E-state index contributed by atoms with van der Waals surface area (Å²) in [6, 6.07) is 4.84. The van der Waals surface area contributed by atoms with Crippen LogP contribution in [0.4, 0.5) is 4.39 Å². The van der Waals surface area contributed by atoms with Crippen molar-refractivity contribution in [2.24, 2.45) is 5.84 Å². The van der Waals surface area contributed by atoms with Crippen LogP contribution in [0.3, 0.4) is 0 Å². The number of hydrazine groups is 1. The third-order valence-corrected chi connectivity index (χ3v) is 1.87. The molecule has 3 heteroatoms. The van der Waals surface area contributed by atoms with Crippen LogP contribution in [0.25, 0.3) is 0 Å². The van der Waals surface area contributed by atoms with Crippen LogP contribution < -0.4 is 11.3 Å². The predicted octanol–water partition coefficient (Wildman–Crippen LogP) is 1.66. The molecule has 0 aromatic heterocycles. The lowest BCUT2D eigenvalue weighted by atomic mass is 10.1. The van der Waals surface area contributed by atoms with Gasteiger partial charge in [-0.25, -0.2) is 4.39 Å². The van der Waals surface area contributed by atoms with E-state index in [1.165, 1.54) is 6.07 Å². The minimum atomic E-state index is -0.217. The molecule has 3 N–H and O–H groups in total. The number of aryl methyl sites for hydroxylation is 1. The SMILES string of the molecule is Cc1ccc(F)c(C(C)NN)c1. The van der Waals surface area contributed by atoms with Crippen molar-refractivity contribution in [3.05, 3.63) is 35.1 Å². The second-order valence-corrected chi connectivity index (χ2v) is 2.91. The largest absolute Gasteiger partial charge is 0.271 e. The molecule has 1 rings (SSSR count). The summed E-state index contributed by atoms with van der Waals surface area (Å²) in [5, 5.41) is 0. The maximum atomic E-state index is 13.1. The van der Waals surface area contributed by atoms with Gasteiger partial charge in [-0.15, -0.1) is 0 Å². The fraction of sp³-hybridized carbons (Fsp3) is 0.333. The molecule has 1 atom stereocenters. The van der Waals surface area contributed by atoms with Crippen LogP contribution in [-0.4, -0.2) is 0 Å². The van der Waals surface area contributed by atoms with Crippen LogP contribution in [0.5, 0.6) is 0 Å². The van der Waals surface area contributed by atoms with Gasteiger partial charge in [-0.1, -0.05) is 17.7 Å². The summed E-state index contributed by atoms with van der Waals surface area (Å²) in [5.74, 6) is 4.99. The van der Waals surface area contributed by atoms with Gasteiger partial charge in [0.05, 0.1) is 0 Å². The minimum Gasteiger partial charge on any atom is -0.271 e. The Bertz CT molecular complexity index is 273. The van der Waals surface area contributed by atoms with E-state index < -0.39 is 0 Å². The molecular formula is C9H13FN2. The molecule has 0 radical (unpaired) electrons. The number of hydrogen-bond acceptors (Lipinski definition) is 2. The summed E-state index contributed by atoms with van der Waals surface area (Å²) in [6.07, 6.45) is 0. The molecule has 12 heavy (non-hydrogen) atoms. The Hall–Kier alpha value is -0.930. The third-order valence-electron chi connectivity index (χ3n) is 1.87. The number of hydrogen-bond donors (Lipinski definition) is 2. The van der Waals surface area contributed by atoms with E-state index in [0.29, 0.717) is 5.56 Å². The second kappa shape index (κ2) is 3.65. The van der Waals surface area contributed by atoms with Gasteiger partial charge in [0.15, 0.2) is 0 Å². The van der Waals surface area contributed by atoms with Crippen molar-refractivity contribution in [1.29, 1.82) is 0 Å². The van der Waals surface area contributed by atoms with Crippen molar-refractivity contribution in [1.82, 2.24) is 5.43 Å². The van der Waals surface area contributed by atoms with Crippen molar-refractivity contribution in [2.45, 2.75) is 19.9 Å². The van der Waals surface area contributed by atoms with E-state index in [4.69, 9.17) is 5.84 Å². The molecule has 0 aliphatic heterocycles. The van der Waals surface area contributed by atoms with E-state index in [9.17, 15) is 4.39 Å². The molecule has 0 bridgehead atoms. The van der Waals surface area contributed by atoms with Gasteiger partial charge in [0, 0.05) is 11.6 Å². The van der Waals surface area contributed by atoms with E-state index in [1.807, 2.05) is 13.8 Å². The van der Waals surface area contributed by atoms with Crippen LogP contribution in [0, 0.1) is 12.7 Å². The molecule has 0 saturated carbocycles. The molecule has 2 nitrogen and oxygen atoms in total. The Morgan fingerprint density at radius 3 is 2.75 bits per heavy atom. The first-order valence-corrected chi connectivity index (χ1v) is 3.87. The number of nitrogens with one attached hydrogen (secondary N) is 1. The molecule has 0 spiro atoms. The standard InChI is InChI=1S/C9H13FN2/c1-6-3-4-9(10)8(5-6)7(2)12-11/h3-5,7,12H,11H2,1-2H3. The van der Waals surface area contributed by atoms with Crippen LogP contribution in [0.2, 0.25) is 0 Å². The molecule has 0 aliphatic rings. The van der Waals surface area contributed by atoms with Crippen LogP contribution in [0.15, 0.2) is 18.2 Å². The second-order valence-electron chi connectivity index (χ2n) is 2.91. The first-order valence-electron chi connectivity index (χ1n) is 3.87. The van der Waals surface area contributed by atoms with Crippen molar-refractivity contribution in [3.8, 4) is 0 Å². The highest BCUT2D eigenvalue weighted by Gasteiger charge is 2.08. The van der Waals surface area contributed by atoms with Crippen molar-refractivity contribution in [2.75, 3.05) is 0 Å². The first kappa shape index (κ1) is 9.16. The zero-order chi connectivity index (χ0) is 9.14. The average Bonchev–Trinajstić information content (AvgIpc) is 2.08. The predicted molar refractivity (Wildman–Crippen MR) is 46.9 cm³/mol. The molecular weight excluding hydrogens is 155 g/mol. The average molecular weight is 168 g/mol. The van der Waals surface area contributed by atoms with Gasteiger partial charge in [-0.3, -0.25) is 11.3 Å². The Labute approximate surface area is 71.6 Å². The van der Waals surface area contributed by atoms with Gasteiger partial charge in [0.25, 0.3) is 0 Å². The number of halogens is 1. The molecule has 0 amide bonds. The first-order chi connectivity index (χ1) is 5.65. The zero-order valence-electron chi connectivity index (χ0n) is 7.26. The van der Waals surface area contributed by atoms with Gasteiger partial charge >= 0.3 is 0 Å². The van der Waals surface area contributed by atoms with Crippen LogP contribution in [-0.2, 0) is 0 Å². The fourth-order valence-electron chi connectivity index (χ4n) is 1.08. The quantitative estimate of drug-likeness (QED) is 0.520. The molecule has 1 aromatic carbocycles. The van der Waals surface area contributed by atoms with Gasteiger partial charge in [-0.2, -0.15) is 0 Å². The maximum Gasteiger partial charge on any atom is 0.128 e. The van der Waals surface area contributed by atoms with Gasteiger partial charge in [0.2, 0.25) is 0 Å². The lowest BCUT2D eigenvalue weighted by Gasteiger charge is -2.11. The van der Waals surface area contributed by atoms with Crippen LogP contribution >= 0.6 is 0 Å². The summed E-state index contributed by atoms with van der Waals surface area (Å²) >= 11 is 0. The normalized spacial score (nSPS) is 13.0. The smallest absolute Gasteiger partial charge is 0.128 e. The summed E-state index contributed by atoms with van der Waals surface area (Å²) in [7, 11) is 0. The van der Waals surface area contributed by atoms with Crippen LogP contribution in [0.1, 0.15) is 24.1 Å². The highest BCUT2D eigenvalue weighted by atomic mass is 19.1. The Balaban J connectivity index is 3.04. The third kappa shape index (κ3) is 1.81. The lowest BCUT2D eigenvalue weighted by Crippen LogP contribution is -2.26. The summed E-state index contributed by atoms with van der Waals surface area (Å²) in [6.45, 7) is 3.74. The molecule has 66 valence electrons. The topological polar surface area (TPSA) is 38.0 Å². The molecule has 1 aromatic rings. The molecule has 0 fully saturated rings. The monoisotopic (exact) mass is 168 g/mol. The molecule has 0 saturated heterocycles. The minimum absolute atomic E-state index is 0.148. The zero-order valence-corrected chi connectivity index (χ0v) is 7.26. The molecule has 0 heterocycles. The molecule has 1 unspecified atom stereocenters. The highest BCUT2D eigenvalue weighted by molar-refractivity contribution is 5.26. The van der Waals surface area contributed by atoms with Crippen molar-refractivity contribution < 1.29 is 4.39 Å². The van der Waals surface area contributed by atoms with E-state index in [1.54, 1.807) is 12.1 Å². The number of nitrogens with two attached hydrogens (primary N) is 1. The molecule has 0 aliphatic carbocycles. The Morgan fingerprint density at radius 2 is 2.17 bits per heavy atom. The van der Waals surface area contributed by atoms with Gasteiger partial charge in [-0.05, 0) is 19.9 Å². The summed E-state index contributed by atoms with van der Waals surface area (Å²) < 4.78 is 13.1. The summed E-state index contributed by atoms with van der Waals surface area (Å²) in [4.78, 5) is 0. The fourth-order valence-corrected chi connectivity index (χ4v) is 1.08.